The first-order chi connectivity index (χ1) is 5.43. The van der Waals surface area contributed by atoms with Crippen LogP contribution in [0.2, 0.25) is 0 Å². The largest absolute Gasteiger partial charge is 0.396 e. The molecule has 1 rings (SSSR count). The number of hydrogen-bond donors (Lipinski definition) is 1. The molecule has 3 heteroatoms. The van der Waals surface area contributed by atoms with Crippen molar-refractivity contribution in [3.05, 3.63) is 6.54 Å². The minimum atomic E-state index is 0.325. The Morgan fingerprint density at radius 3 is 3.00 bits per heavy atom. The minimum Gasteiger partial charge on any atom is -0.396 e. The lowest BCUT2D eigenvalue weighted by Crippen LogP contribution is -1.89. The molecule has 0 fully saturated rings. The number of rotatable bonds is 5. The van der Waals surface area contributed by atoms with E-state index in [0.29, 0.717) is 6.61 Å². The molecule has 0 amide bonds. The highest BCUT2D eigenvalue weighted by Crippen LogP contribution is 2.19. The zero-order valence-corrected chi connectivity index (χ0v) is 7.44. The van der Waals surface area contributed by atoms with Crippen LogP contribution in [0.4, 0.5) is 0 Å². The van der Waals surface area contributed by atoms with E-state index in [9.17, 15) is 0 Å². The SMILES string of the molecule is OCCCCCC1=N[CH]CS1. The molecule has 0 aromatic heterocycles. The van der Waals surface area contributed by atoms with E-state index in [1.165, 1.54) is 11.5 Å². The molecule has 0 unspecified atom stereocenters. The average Bonchev–Trinajstić information content (AvgIpc) is 2.50. The maximum absolute atomic E-state index is 8.52. The number of nitrogens with zero attached hydrogens (tertiary/aromatic N) is 1. The smallest absolute Gasteiger partial charge is 0.0835 e. The summed E-state index contributed by atoms with van der Waals surface area (Å²) in [6.07, 6.45) is 4.32. The molecule has 1 aliphatic rings. The summed E-state index contributed by atoms with van der Waals surface area (Å²) >= 11 is 1.83. The summed E-state index contributed by atoms with van der Waals surface area (Å²) in [5.41, 5.74) is 0. The van der Waals surface area contributed by atoms with E-state index in [0.717, 1.165) is 25.0 Å². The molecule has 2 nitrogen and oxygen atoms in total. The third-order valence-corrected chi connectivity index (χ3v) is 2.57. The van der Waals surface area contributed by atoms with Crippen molar-refractivity contribution in [3.63, 3.8) is 0 Å². The average molecular weight is 172 g/mol. The predicted octanol–water partition coefficient (Wildman–Crippen LogP) is 1.85. The first-order valence-corrected chi connectivity index (χ1v) is 5.04. The first-order valence-electron chi connectivity index (χ1n) is 4.05. The van der Waals surface area contributed by atoms with E-state index >= 15 is 0 Å². The van der Waals surface area contributed by atoms with Crippen molar-refractivity contribution in [2.24, 2.45) is 4.99 Å². The Labute approximate surface area is 72.1 Å². The lowest BCUT2D eigenvalue weighted by atomic mass is 10.2. The molecule has 0 atom stereocenters. The van der Waals surface area contributed by atoms with Crippen LogP contribution in [-0.4, -0.2) is 22.5 Å². The fourth-order valence-electron chi connectivity index (χ4n) is 1.01. The minimum absolute atomic E-state index is 0.325. The Morgan fingerprint density at radius 1 is 1.45 bits per heavy atom. The lowest BCUT2D eigenvalue weighted by Gasteiger charge is -1.97. The summed E-state index contributed by atoms with van der Waals surface area (Å²) in [7, 11) is 0. The van der Waals surface area contributed by atoms with Crippen molar-refractivity contribution in [1.29, 1.82) is 0 Å². The van der Waals surface area contributed by atoms with Crippen LogP contribution in [0.1, 0.15) is 25.7 Å². The summed E-state index contributed by atoms with van der Waals surface area (Å²) < 4.78 is 0. The maximum atomic E-state index is 8.52. The van der Waals surface area contributed by atoms with E-state index < -0.39 is 0 Å². The molecular formula is C8H14NOS. The van der Waals surface area contributed by atoms with Crippen LogP contribution in [-0.2, 0) is 0 Å². The van der Waals surface area contributed by atoms with Gasteiger partial charge in [0.25, 0.3) is 0 Å². The molecule has 0 saturated carbocycles. The van der Waals surface area contributed by atoms with E-state index in [1.54, 1.807) is 0 Å². The van der Waals surface area contributed by atoms with Gasteiger partial charge in [-0.25, -0.2) is 0 Å². The summed E-state index contributed by atoms with van der Waals surface area (Å²) in [6.45, 7) is 2.29. The maximum Gasteiger partial charge on any atom is 0.0835 e. The van der Waals surface area contributed by atoms with Gasteiger partial charge in [-0.3, -0.25) is 4.99 Å². The van der Waals surface area contributed by atoms with Crippen LogP contribution in [0.3, 0.4) is 0 Å². The molecule has 0 saturated heterocycles. The summed E-state index contributed by atoms with van der Waals surface area (Å²) in [5.74, 6) is 1.05. The van der Waals surface area contributed by atoms with Crippen LogP contribution < -0.4 is 0 Å². The molecule has 0 aromatic rings. The monoisotopic (exact) mass is 172 g/mol. The zero-order valence-electron chi connectivity index (χ0n) is 6.62. The fourth-order valence-corrected chi connectivity index (χ4v) is 1.79. The summed E-state index contributed by atoms with van der Waals surface area (Å²) in [5, 5.41) is 9.78. The van der Waals surface area contributed by atoms with Crippen molar-refractivity contribution in [2.75, 3.05) is 12.4 Å². The van der Waals surface area contributed by atoms with E-state index in [4.69, 9.17) is 5.11 Å². The van der Waals surface area contributed by atoms with Crippen LogP contribution in [0, 0.1) is 6.54 Å². The molecule has 0 spiro atoms. The van der Waals surface area contributed by atoms with Gasteiger partial charge in [0.2, 0.25) is 0 Å². The lowest BCUT2D eigenvalue weighted by molar-refractivity contribution is 0.283. The third kappa shape index (κ3) is 3.77. The second kappa shape index (κ2) is 5.61. The van der Waals surface area contributed by atoms with Gasteiger partial charge in [0.1, 0.15) is 0 Å². The van der Waals surface area contributed by atoms with Crippen LogP contribution in [0.15, 0.2) is 4.99 Å². The van der Waals surface area contributed by atoms with Crippen molar-refractivity contribution >= 4 is 16.8 Å². The van der Waals surface area contributed by atoms with Crippen LogP contribution >= 0.6 is 11.8 Å². The number of unbranched alkanes of at least 4 members (excludes halogenated alkanes) is 2. The zero-order chi connectivity index (χ0) is 7.94. The molecule has 1 N–H and O–H groups in total. The van der Waals surface area contributed by atoms with Gasteiger partial charge in [0.05, 0.1) is 11.6 Å². The van der Waals surface area contributed by atoms with Gasteiger partial charge in [0.15, 0.2) is 0 Å². The second-order valence-electron chi connectivity index (χ2n) is 2.55. The van der Waals surface area contributed by atoms with Gasteiger partial charge >= 0.3 is 0 Å². The van der Waals surface area contributed by atoms with E-state index in [-0.39, 0.29) is 0 Å². The Morgan fingerprint density at radius 2 is 2.36 bits per heavy atom. The van der Waals surface area contributed by atoms with Crippen LogP contribution in [0.5, 0.6) is 0 Å². The van der Waals surface area contributed by atoms with E-state index in [2.05, 4.69) is 4.99 Å². The topological polar surface area (TPSA) is 32.6 Å². The second-order valence-corrected chi connectivity index (χ2v) is 3.64. The van der Waals surface area contributed by atoms with Crippen molar-refractivity contribution in [3.8, 4) is 0 Å². The standard InChI is InChI=1S/C8H14NOS/c10-6-3-1-2-4-8-9-5-7-11-8/h5,10H,1-4,6-7H2. The molecule has 1 aliphatic heterocycles. The molecule has 63 valence electrons. The van der Waals surface area contributed by atoms with E-state index in [1.807, 2.05) is 18.3 Å². The van der Waals surface area contributed by atoms with Crippen molar-refractivity contribution in [1.82, 2.24) is 0 Å². The van der Waals surface area contributed by atoms with Gasteiger partial charge < -0.3 is 5.11 Å². The molecular weight excluding hydrogens is 158 g/mol. The number of aliphatic hydroxyl groups excluding tert-OH is 1. The Kier molecular flexibility index (Phi) is 4.62. The highest BCUT2D eigenvalue weighted by molar-refractivity contribution is 8.14. The Bertz CT molecular complexity index is 136. The van der Waals surface area contributed by atoms with Gasteiger partial charge in [-0.05, 0) is 19.3 Å². The number of aliphatic imine (C=N–C) groups is 1. The molecule has 0 aromatic carbocycles. The quantitative estimate of drug-likeness (QED) is 0.642. The van der Waals surface area contributed by atoms with Crippen molar-refractivity contribution in [2.45, 2.75) is 25.7 Å². The number of thioether (sulfide) groups is 1. The Balaban J connectivity index is 1.94. The first kappa shape index (κ1) is 9.07. The number of hydrogen-bond acceptors (Lipinski definition) is 3. The highest BCUT2D eigenvalue weighted by Gasteiger charge is 2.05. The highest BCUT2D eigenvalue weighted by atomic mass is 32.2. The van der Waals surface area contributed by atoms with Gasteiger partial charge in [-0.15, -0.1) is 11.8 Å². The van der Waals surface area contributed by atoms with Crippen LogP contribution in [0.25, 0.3) is 0 Å². The number of aliphatic hydroxyl groups is 1. The predicted molar refractivity (Wildman–Crippen MR) is 49.7 cm³/mol. The fraction of sp³-hybridized carbons (Fsp3) is 0.750. The third-order valence-electron chi connectivity index (χ3n) is 1.61. The molecule has 1 heterocycles. The summed E-state index contributed by atoms with van der Waals surface area (Å²) in [4.78, 5) is 4.23. The summed E-state index contributed by atoms with van der Waals surface area (Å²) in [6, 6.07) is 0. The molecule has 0 bridgehead atoms. The van der Waals surface area contributed by atoms with Crippen molar-refractivity contribution < 1.29 is 5.11 Å². The van der Waals surface area contributed by atoms with Gasteiger partial charge in [-0.1, -0.05) is 6.42 Å². The molecule has 0 aliphatic carbocycles. The van der Waals surface area contributed by atoms with Gasteiger partial charge in [-0.2, -0.15) is 0 Å². The molecule has 1 radical (unpaired) electrons. The van der Waals surface area contributed by atoms with Gasteiger partial charge in [0, 0.05) is 12.4 Å². The normalized spacial score (nSPS) is 17.0. The molecule has 11 heavy (non-hydrogen) atoms. The Hall–Kier alpha value is -0.0200.